The number of fused-ring (bicyclic) bond motifs is 1. The molecule has 1 saturated heterocycles. The van der Waals surface area contributed by atoms with Crippen LogP contribution in [0.15, 0.2) is 47.4 Å². The van der Waals surface area contributed by atoms with Gasteiger partial charge in [0.05, 0.1) is 10.5 Å². The van der Waals surface area contributed by atoms with Gasteiger partial charge in [-0.2, -0.15) is 4.31 Å². The molecule has 4 rings (SSSR count). The quantitative estimate of drug-likeness (QED) is 0.672. The van der Waals surface area contributed by atoms with E-state index in [2.05, 4.69) is 10.6 Å². The molecule has 2 heterocycles. The van der Waals surface area contributed by atoms with E-state index in [-0.39, 0.29) is 44.0 Å². The Morgan fingerprint density at radius 2 is 1.88 bits per heavy atom. The van der Waals surface area contributed by atoms with Gasteiger partial charge in [0.15, 0.2) is 0 Å². The number of amides is 3. The number of piperazine rings is 1. The highest BCUT2D eigenvalue weighted by Gasteiger charge is 2.33. The van der Waals surface area contributed by atoms with Crippen LogP contribution in [0.4, 0.5) is 9.80 Å². The Kier molecular flexibility index (Phi) is 6.87. The van der Waals surface area contributed by atoms with Gasteiger partial charge in [0.25, 0.3) is 5.91 Å². The van der Waals surface area contributed by atoms with E-state index >= 15 is 0 Å². The molecule has 3 amide bonds. The summed E-state index contributed by atoms with van der Waals surface area (Å²) in [4.78, 5) is 27.6. The minimum atomic E-state index is -3.58. The third-order valence-electron chi connectivity index (χ3n) is 5.78. The van der Waals surface area contributed by atoms with Gasteiger partial charge in [0.1, 0.15) is 5.00 Å². The number of carbonyl (C=O) groups excluding carboxylic acids is 2. The Morgan fingerprint density at radius 1 is 1.15 bits per heavy atom. The molecule has 0 bridgehead atoms. The fourth-order valence-electron chi connectivity index (χ4n) is 4.07. The molecule has 10 heteroatoms. The fourth-order valence-corrected chi connectivity index (χ4v) is 6.77. The van der Waals surface area contributed by atoms with Crippen LogP contribution in [0, 0.1) is 5.92 Å². The lowest BCUT2D eigenvalue weighted by Gasteiger charge is -2.34. The van der Waals surface area contributed by atoms with Crippen LogP contribution in [0.1, 0.15) is 30.6 Å². The minimum absolute atomic E-state index is 0.186. The standard InChI is InChI=1S/C23H28N4O4S2/c1-3-24-23(29)25-21-20(18-9-4-5-10-19(18)32-21)22(28)26-11-13-27(14-12-26)33(30,31)17-8-6-7-16(2)15-17/h4-6,8-10,15-16H,3,7,11-14H2,1-2H3,(H2,24,25,29). The van der Waals surface area contributed by atoms with Crippen molar-refractivity contribution in [3.8, 4) is 0 Å². The fraction of sp³-hybridized carbons (Fsp3) is 0.391. The van der Waals surface area contributed by atoms with Crippen LogP contribution in [0.25, 0.3) is 10.1 Å². The normalized spacial score (nSPS) is 19.4. The number of rotatable bonds is 5. The summed E-state index contributed by atoms with van der Waals surface area (Å²) in [5.74, 6) is -0.0213. The Morgan fingerprint density at radius 3 is 2.58 bits per heavy atom. The largest absolute Gasteiger partial charge is 0.338 e. The molecule has 176 valence electrons. The number of benzene rings is 1. The van der Waals surface area contributed by atoms with Crippen LogP contribution < -0.4 is 10.6 Å². The second-order valence-corrected chi connectivity index (χ2v) is 11.2. The van der Waals surface area contributed by atoms with E-state index < -0.39 is 10.0 Å². The molecule has 1 unspecified atom stereocenters. The number of urea groups is 1. The van der Waals surface area contributed by atoms with Gasteiger partial charge in [0, 0.05) is 42.8 Å². The molecule has 1 aromatic heterocycles. The Balaban J connectivity index is 1.53. The molecule has 2 aromatic rings. The average Bonchev–Trinajstić information content (AvgIpc) is 3.16. The summed E-state index contributed by atoms with van der Waals surface area (Å²) >= 11 is 1.35. The molecule has 2 N–H and O–H groups in total. The van der Waals surface area contributed by atoms with Crippen molar-refractivity contribution in [1.82, 2.24) is 14.5 Å². The lowest BCUT2D eigenvalue weighted by Crippen LogP contribution is -2.50. The van der Waals surface area contributed by atoms with E-state index in [0.29, 0.717) is 22.0 Å². The maximum Gasteiger partial charge on any atom is 0.319 e. The van der Waals surface area contributed by atoms with Gasteiger partial charge in [0.2, 0.25) is 10.0 Å². The molecule has 1 aromatic carbocycles. The summed E-state index contributed by atoms with van der Waals surface area (Å²) in [6, 6.07) is 7.17. The van der Waals surface area contributed by atoms with Crippen molar-refractivity contribution in [2.75, 3.05) is 38.0 Å². The van der Waals surface area contributed by atoms with Gasteiger partial charge in [-0.05, 0) is 31.4 Å². The molecule has 1 atom stereocenters. The summed E-state index contributed by atoms with van der Waals surface area (Å²) < 4.78 is 28.5. The monoisotopic (exact) mass is 488 g/mol. The number of nitrogens with zero attached hydrogens (tertiary/aromatic N) is 2. The number of allylic oxidation sites excluding steroid dienone is 3. The van der Waals surface area contributed by atoms with Gasteiger partial charge < -0.3 is 10.2 Å². The van der Waals surface area contributed by atoms with Crippen molar-refractivity contribution >= 4 is 48.4 Å². The first-order valence-corrected chi connectivity index (χ1v) is 13.3. The molecular weight excluding hydrogens is 460 g/mol. The first-order chi connectivity index (χ1) is 15.8. The highest BCUT2D eigenvalue weighted by Crippen LogP contribution is 2.37. The summed E-state index contributed by atoms with van der Waals surface area (Å²) in [6.07, 6.45) is 6.19. The maximum atomic E-state index is 13.5. The zero-order valence-corrected chi connectivity index (χ0v) is 20.3. The zero-order chi connectivity index (χ0) is 23.6. The highest BCUT2D eigenvalue weighted by atomic mass is 32.2. The van der Waals surface area contributed by atoms with Gasteiger partial charge in [-0.25, -0.2) is 13.2 Å². The number of anilines is 1. The predicted molar refractivity (Wildman–Crippen MR) is 132 cm³/mol. The SMILES string of the molecule is CCNC(=O)Nc1sc2ccccc2c1C(=O)N1CCN(S(=O)(=O)C2=CC(C)CC=C2)CC1. The van der Waals surface area contributed by atoms with Crippen LogP contribution >= 0.6 is 11.3 Å². The van der Waals surface area contributed by atoms with E-state index in [1.165, 1.54) is 15.6 Å². The van der Waals surface area contributed by atoms with Crippen molar-refractivity contribution < 1.29 is 18.0 Å². The molecule has 8 nitrogen and oxygen atoms in total. The topological polar surface area (TPSA) is 98.8 Å². The van der Waals surface area contributed by atoms with E-state index in [0.717, 1.165) is 16.5 Å². The van der Waals surface area contributed by atoms with Crippen molar-refractivity contribution in [1.29, 1.82) is 0 Å². The summed E-state index contributed by atoms with van der Waals surface area (Å²) in [5, 5.41) is 6.76. The number of thiophene rings is 1. The van der Waals surface area contributed by atoms with Crippen LogP contribution in [0.2, 0.25) is 0 Å². The molecule has 1 aliphatic carbocycles. The van der Waals surface area contributed by atoms with Gasteiger partial charge in [-0.1, -0.05) is 37.3 Å². The molecule has 0 saturated carbocycles. The number of carbonyl (C=O) groups is 2. The Labute approximate surface area is 198 Å². The highest BCUT2D eigenvalue weighted by molar-refractivity contribution is 7.93. The first-order valence-electron chi connectivity index (χ1n) is 11.1. The number of nitrogens with one attached hydrogen (secondary N) is 2. The van der Waals surface area contributed by atoms with Gasteiger partial charge in [-0.3, -0.25) is 10.1 Å². The van der Waals surface area contributed by atoms with Crippen LogP contribution in [0.3, 0.4) is 0 Å². The third kappa shape index (κ3) is 4.83. The lowest BCUT2D eigenvalue weighted by molar-refractivity contribution is 0.0702. The molecule has 0 spiro atoms. The molecule has 33 heavy (non-hydrogen) atoms. The molecule has 2 aliphatic rings. The molecule has 1 fully saturated rings. The number of sulfonamides is 1. The minimum Gasteiger partial charge on any atom is -0.338 e. The Hall–Kier alpha value is -2.69. The summed E-state index contributed by atoms with van der Waals surface area (Å²) in [5.41, 5.74) is 0.449. The van der Waals surface area contributed by atoms with E-state index in [9.17, 15) is 18.0 Å². The van der Waals surface area contributed by atoms with Gasteiger partial charge >= 0.3 is 6.03 Å². The van der Waals surface area contributed by atoms with Crippen LogP contribution in [0.5, 0.6) is 0 Å². The van der Waals surface area contributed by atoms with Crippen molar-refractivity contribution in [2.24, 2.45) is 5.92 Å². The van der Waals surface area contributed by atoms with Crippen molar-refractivity contribution in [2.45, 2.75) is 20.3 Å². The van der Waals surface area contributed by atoms with Gasteiger partial charge in [-0.15, -0.1) is 11.3 Å². The Bertz CT molecular complexity index is 1220. The number of hydrogen-bond acceptors (Lipinski definition) is 5. The van der Waals surface area contributed by atoms with E-state index in [1.807, 2.05) is 44.2 Å². The summed E-state index contributed by atoms with van der Waals surface area (Å²) in [6.45, 7) is 5.33. The lowest BCUT2D eigenvalue weighted by atomic mass is 10.0. The van der Waals surface area contributed by atoms with E-state index in [1.54, 1.807) is 17.1 Å². The zero-order valence-electron chi connectivity index (χ0n) is 18.7. The second kappa shape index (κ2) is 9.66. The number of hydrogen-bond donors (Lipinski definition) is 2. The van der Waals surface area contributed by atoms with E-state index in [4.69, 9.17) is 0 Å². The predicted octanol–water partition coefficient (Wildman–Crippen LogP) is 3.61. The molecular formula is C23H28N4O4S2. The third-order valence-corrected chi connectivity index (χ3v) is 8.78. The second-order valence-electron chi connectivity index (χ2n) is 8.17. The maximum absolute atomic E-state index is 13.5. The molecule has 0 radical (unpaired) electrons. The smallest absolute Gasteiger partial charge is 0.319 e. The van der Waals surface area contributed by atoms with Crippen LogP contribution in [-0.4, -0.2) is 62.3 Å². The average molecular weight is 489 g/mol. The first kappa shape index (κ1) is 23.5. The van der Waals surface area contributed by atoms with Crippen molar-refractivity contribution in [3.05, 3.63) is 53.0 Å². The summed E-state index contributed by atoms with van der Waals surface area (Å²) in [7, 11) is -3.58. The molecule has 1 aliphatic heterocycles. The van der Waals surface area contributed by atoms with Crippen molar-refractivity contribution in [3.63, 3.8) is 0 Å². The van der Waals surface area contributed by atoms with Crippen LogP contribution in [-0.2, 0) is 10.0 Å².